The van der Waals surface area contributed by atoms with Crippen LogP contribution in [-0.4, -0.2) is 53.6 Å². The summed E-state index contributed by atoms with van der Waals surface area (Å²) in [6, 6.07) is 10.1. The maximum atomic E-state index is 13.4. The normalized spacial score (nSPS) is 23.5. The molecule has 0 N–H and O–H groups in total. The number of nitrogens with zero attached hydrogens (tertiary/aromatic N) is 4. The molecule has 6 heteroatoms. The van der Waals surface area contributed by atoms with Gasteiger partial charge in [0, 0.05) is 50.1 Å². The van der Waals surface area contributed by atoms with Crippen molar-refractivity contribution in [1.29, 1.82) is 0 Å². The number of anilines is 1. The summed E-state index contributed by atoms with van der Waals surface area (Å²) in [7, 11) is 3.90. The molecule has 2 saturated heterocycles. The van der Waals surface area contributed by atoms with Gasteiger partial charge in [-0.25, -0.2) is 9.97 Å². The predicted molar refractivity (Wildman–Crippen MR) is 104 cm³/mol. The molecule has 0 aliphatic carbocycles. The summed E-state index contributed by atoms with van der Waals surface area (Å²) in [5, 5.41) is 0. The van der Waals surface area contributed by atoms with Crippen LogP contribution in [0.25, 0.3) is 0 Å². The average Bonchev–Trinajstić information content (AvgIpc) is 3.24. The molecule has 0 spiro atoms. The standard InChI is InChI=1S/C21H26N4O2/c1-14-7-9-18(24(2)3)20(23-14)21(26)25-16-8-10-17(25)15(12-16)13-27-19-6-4-5-11-22-19/h4-7,9,11,15-17H,8,10,12-13H2,1-3H3. The number of carbonyl (C=O) groups is 1. The monoisotopic (exact) mass is 366 g/mol. The number of aromatic nitrogens is 2. The number of ether oxygens (including phenoxy) is 1. The third-order valence-corrected chi connectivity index (χ3v) is 5.68. The molecule has 1 amide bonds. The van der Waals surface area contributed by atoms with Gasteiger partial charge in [0.2, 0.25) is 5.88 Å². The highest BCUT2D eigenvalue weighted by Gasteiger charge is 2.49. The van der Waals surface area contributed by atoms with Crippen molar-refractivity contribution in [1.82, 2.24) is 14.9 Å². The fourth-order valence-electron chi connectivity index (χ4n) is 4.42. The van der Waals surface area contributed by atoms with Crippen molar-refractivity contribution in [3.05, 3.63) is 47.9 Å². The number of aryl methyl sites for hydroxylation is 1. The van der Waals surface area contributed by atoms with Gasteiger partial charge in [0.25, 0.3) is 5.91 Å². The van der Waals surface area contributed by atoms with Crippen LogP contribution >= 0.6 is 0 Å². The molecule has 0 saturated carbocycles. The Morgan fingerprint density at radius 1 is 1.26 bits per heavy atom. The number of carbonyl (C=O) groups excluding carboxylic acids is 1. The minimum absolute atomic E-state index is 0.0511. The van der Waals surface area contributed by atoms with E-state index in [-0.39, 0.29) is 18.0 Å². The third-order valence-electron chi connectivity index (χ3n) is 5.68. The third kappa shape index (κ3) is 3.36. The zero-order valence-electron chi connectivity index (χ0n) is 16.1. The Morgan fingerprint density at radius 2 is 2.11 bits per heavy atom. The average molecular weight is 366 g/mol. The Labute approximate surface area is 160 Å². The van der Waals surface area contributed by atoms with Crippen molar-refractivity contribution in [3.8, 4) is 5.88 Å². The second-order valence-electron chi connectivity index (χ2n) is 7.70. The first kappa shape index (κ1) is 17.8. The molecule has 2 aliphatic rings. The van der Waals surface area contributed by atoms with Gasteiger partial charge in [-0.15, -0.1) is 0 Å². The lowest BCUT2D eigenvalue weighted by Gasteiger charge is -2.26. The molecule has 4 heterocycles. The van der Waals surface area contributed by atoms with Crippen molar-refractivity contribution >= 4 is 11.6 Å². The van der Waals surface area contributed by atoms with Gasteiger partial charge >= 0.3 is 0 Å². The fourth-order valence-corrected chi connectivity index (χ4v) is 4.42. The van der Waals surface area contributed by atoms with Gasteiger partial charge < -0.3 is 14.5 Å². The molecule has 2 fully saturated rings. The summed E-state index contributed by atoms with van der Waals surface area (Å²) in [5.74, 6) is 1.05. The number of hydrogen-bond donors (Lipinski definition) is 0. The number of hydrogen-bond acceptors (Lipinski definition) is 5. The van der Waals surface area contributed by atoms with Crippen LogP contribution in [0.3, 0.4) is 0 Å². The molecule has 2 bridgehead atoms. The Hall–Kier alpha value is -2.63. The Balaban J connectivity index is 1.52. The van der Waals surface area contributed by atoms with Gasteiger partial charge in [-0.2, -0.15) is 0 Å². The van der Waals surface area contributed by atoms with Crippen molar-refractivity contribution in [3.63, 3.8) is 0 Å². The molecular weight excluding hydrogens is 340 g/mol. The molecule has 0 radical (unpaired) electrons. The van der Waals surface area contributed by atoms with Crippen molar-refractivity contribution in [2.45, 2.75) is 38.3 Å². The van der Waals surface area contributed by atoms with E-state index in [9.17, 15) is 4.79 Å². The van der Waals surface area contributed by atoms with Crippen LogP contribution in [-0.2, 0) is 0 Å². The van der Waals surface area contributed by atoms with Crippen LogP contribution in [0.15, 0.2) is 36.5 Å². The smallest absolute Gasteiger partial charge is 0.275 e. The minimum Gasteiger partial charge on any atom is -0.477 e. The summed E-state index contributed by atoms with van der Waals surface area (Å²) in [6.07, 6.45) is 4.83. The van der Waals surface area contributed by atoms with E-state index >= 15 is 0 Å². The zero-order valence-corrected chi connectivity index (χ0v) is 16.1. The predicted octanol–water partition coefficient (Wildman–Crippen LogP) is 2.92. The van der Waals surface area contributed by atoms with Gasteiger partial charge in [-0.05, 0) is 44.4 Å². The molecule has 2 aromatic heterocycles. The highest BCUT2D eigenvalue weighted by Crippen LogP contribution is 2.43. The van der Waals surface area contributed by atoms with E-state index in [0.717, 1.165) is 30.6 Å². The Bertz CT molecular complexity index is 824. The Kier molecular flexibility index (Phi) is 4.72. The lowest BCUT2D eigenvalue weighted by molar-refractivity contribution is 0.0704. The van der Waals surface area contributed by atoms with Gasteiger partial charge in [0.15, 0.2) is 5.69 Å². The maximum absolute atomic E-state index is 13.4. The first-order valence-corrected chi connectivity index (χ1v) is 9.56. The van der Waals surface area contributed by atoms with E-state index in [1.165, 1.54) is 0 Å². The molecule has 0 aromatic carbocycles. The fraction of sp³-hybridized carbons (Fsp3) is 0.476. The van der Waals surface area contributed by atoms with Crippen LogP contribution in [0.2, 0.25) is 0 Å². The first-order chi connectivity index (χ1) is 13.0. The lowest BCUT2D eigenvalue weighted by atomic mass is 9.90. The topological polar surface area (TPSA) is 58.6 Å². The summed E-state index contributed by atoms with van der Waals surface area (Å²) in [6.45, 7) is 2.53. The molecule has 27 heavy (non-hydrogen) atoms. The largest absolute Gasteiger partial charge is 0.477 e. The van der Waals surface area contributed by atoms with Gasteiger partial charge in [0.05, 0.1) is 12.3 Å². The van der Waals surface area contributed by atoms with Crippen molar-refractivity contribution in [2.75, 3.05) is 25.6 Å². The molecule has 4 rings (SSSR count). The van der Waals surface area contributed by atoms with E-state index in [1.807, 2.05) is 56.3 Å². The minimum atomic E-state index is 0.0511. The van der Waals surface area contributed by atoms with Crippen LogP contribution in [0.5, 0.6) is 5.88 Å². The SMILES string of the molecule is Cc1ccc(N(C)C)c(C(=O)N2C3CCC2C(COc2ccccn2)C3)n1. The summed E-state index contributed by atoms with van der Waals surface area (Å²) < 4.78 is 5.88. The van der Waals surface area contributed by atoms with Crippen molar-refractivity contribution in [2.24, 2.45) is 5.92 Å². The van der Waals surface area contributed by atoms with E-state index in [0.29, 0.717) is 24.1 Å². The van der Waals surface area contributed by atoms with E-state index in [1.54, 1.807) is 6.20 Å². The van der Waals surface area contributed by atoms with E-state index in [2.05, 4.69) is 14.9 Å². The quantitative estimate of drug-likeness (QED) is 0.814. The van der Waals surface area contributed by atoms with E-state index < -0.39 is 0 Å². The summed E-state index contributed by atoms with van der Waals surface area (Å²) in [5.41, 5.74) is 2.30. The number of rotatable bonds is 5. The van der Waals surface area contributed by atoms with Gasteiger partial charge in [-0.1, -0.05) is 6.07 Å². The first-order valence-electron chi connectivity index (χ1n) is 9.56. The highest BCUT2D eigenvalue weighted by molar-refractivity contribution is 5.98. The number of pyridine rings is 2. The molecule has 2 aliphatic heterocycles. The molecular formula is C21H26N4O2. The maximum Gasteiger partial charge on any atom is 0.275 e. The second-order valence-corrected chi connectivity index (χ2v) is 7.70. The van der Waals surface area contributed by atoms with Crippen LogP contribution < -0.4 is 9.64 Å². The second kappa shape index (κ2) is 7.18. The molecule has 6 nitrogen and oxygen atoms in total. The van der Waals surface area contributed by atoms with Gasteiger partial charge in [-0.3, -0.25) is 4.79 Å². The van der Waals surface area contributed by atoms with Crippen LogP contribution in [0.4, 0.5) is 5.69 Å². The Morgan fingerprint density at radius 3 is 2.85 bits per heavy atom. The van der Waals surface area contributed by atoms with Crippen molar-refractivity contribution < 1.29 is 9.53 Å². The molecule has 3 unspecified atom stereocenters. The van der Waals surface area contributed by atoms with Crippen LogP contribution in [0.1, 0.15) is 35.4 Å². The summed E-state index contributed by atoms with van der Waals surface area (Å²) >= 11 is 0. The summed E-state index contributed by atoms with van der Waals surface area (Å²) in [4.78, 5) is 26.2. The molecule has 142 valence electrons. The molecule has 3 atom stereocenters. The highest BCUT2D eigenvalue weighted by atomic mass is 16.5. The van der Waals surface area contributed by atoms with Crippen LogP contribution in [0, 0.1) is 12.8 Å². The van der Waals surface area contributed by atoms with Gasteiger partial charge in [0.1, 0.15) is 0 Å². The zero-order chi connectivity index (χ0) is 19.0. The lowest BCUT2D eigenvalue weighted by Crippen LogP contribution is -2.38. The molecule has 2 aromatic rings. The van der Waals surface area contributed by atoms with E-state index in [4.69, 9.17) is 4.74 Å². The number of amides is 1. The number of fused-ring (bicyclic) bond motifs is 2.